The van der Waals surface area contributed by atoms with Crippen LogP contribution in [0.2, 0.25) is 0 Å². The average Bonchev–Trinajstić information content (AvgIpc) is 2.74. The molecule has 1 heterocycles. The van der Waals surface area contributed by atoms with Gasteiger partial charge in [0.15, 0.2) is 0 Å². The fourth-order valence-electron chi connectivity index (χ4n) is 4.25. The summed E-state index contributed by atoms with van der Waals surface area (Å²) in [6, 6.07) is 10.8. The first-order valence-corrected chi connectivity index (χ1v) is 12.4. The zero-order valence-electron chi connectivity index (χ0n) is 19.0. The third-order valence-corrected chi connectivity index (χ3v) is 6.15. The predicted molar refractivity (Wildman–Crippen MR) is 127 cm³/mol. The lowest BCUT2D eigenvalue weighted by atomic mass is 9.94. The number of ether oxygens (including phenoxy) is 1. The van der Waals surface area contributed by atoms with Gasteiger partial charge in [0.25, 0.3) is 0 Å². The Morgan fingerprint density at radius 2 is 1.41 bits per heavy atom. The van der Waals surface area contributed by atoms with E-state index in [1.54, 1.807) is 0 Å². The average molecular weight is 397 g/mol. The van der Waals surface area contributed by atoms with Crippen molar-refractivity contribution in [2.75, 3.05) is 0 Å². The van der Waals surface area contributed by atoms with Crippen molar-refractivity contribution in [3.63, 3.8) is 0 Å². The fourth-order valence-corrected chi connectivity index (χ4v) is 4.25. The van der Waals surface area contributed by atoms with E-state index in [9.17, 15) is 0 Å². The molecule has 1 atom stereocenters. The topological polar surface area (TPSA) is 9.23 Å². The molecule has 1 aliphatic rings. The second kappa shape index (κ2) is 15.4. The van der Waals surface area contributed by atoms with Gasteiger partial charge in [0.05, 0.1) is 0 Å². The first kappa shape index (κ1) is 23.8. The molecule has 1 unspecified atom stereocenters. The highest BCUT2D eigenvalue weighted by Crippen LogP contribution is 2.34. The highest BCUT2D eigenvalue weighted by atomic mass is 16.5. The molecule has 162 valence electrons. The summed E-state index contributed by atoms with van der Waals surface area (Å²) in [6.45, 7) is 6.34. The van der Waals surface area contributed by atoms with Crippen LogP contribution in [0.25, 0.3) is 0 Å². The van der Waals surface area contributed by atoms with Gasteiger partial charge in [-0.15, -0.1) is 0 Å². The largest absolute Gasteiger partial charge is 0.486 e. The molecular formula is C28H44O. The van der Waals surface area contributed by atoms with Crippen LogP contribution in [-0.4, -0.2) is 6.10 Å². The van der Waals surface area contributed by atoms with E-state index in [0.717, 1.165) is 12.2 Å². The van der Waals surface area contributed by atoms with Crippen molar-refractivity contribution in [1.82, 2.24) is 0 Å². The smallest absolute Gasteiger partial charge is 0.127 e. The summed E-state index contributed by atoms with van der Waals surface area (Å²) >= 11 is 0. The van der Waals surface area contributed by atoms with Crippen LogP contribution in [0.15, 0.2) is 54.3 Å². The van der Waals surface area contributed by atoms with Gasteiger partial charge < -0.3 is 4.74 Å². The lowest BCUT2D eigenvalue weighted by molar-refractivity contribution is 0.0744. The van der Waals surface area contributed by atoms with Crippen LogP contribution < -0.4 is 0 Å². The van der Waals surface area contributed by atoms with Crippen molar-refractivity contribution >= 4 is 0 Å². The molecule has 29 heavy (non-hydrogen) atoms. The lowest BCUT2D eigenvalue weighted by Crippen LogP contribution is -2.28. The van der Waals surface area contributed by atoms with Crippen molar-refractivity contribution in [2.24, 2.45) is 0 Å². The number of hydrogen-bond donors (Lipinski definition) is 0. The number of benzene rings is 1. The summed E-state index contributed by atoms with van der Waals surface area (Å²) in [6.07, 6.45) is 24.1. The van der Waals surface area contributed by atoms with E-state index >= 15 is 0 Å². The van der Waals surface area contributed by atoms with E-state index in [0.29, 0.717) is 6.10 Å². The quantitative estimate of drug-likeness (QED) is 0.239. The summed E-state index contributed by atoms with van der Waals surface area (Å²) in [5.74, 6) is 0.918. The van der Waals surface area contributed by atoms with Crippen LogP contribution in [0, 0.1) is 0 Å². The number of unbranched alkanes of at least 4 members (excludes halogenated alkanes) is 12. The molecule has 1 nitrogen and oxygen atoms in total. The molecule has 0 spiro atoms. The van der Waals surface area contributed by atoms with Crippen LogP contribution in [0.3, 0.4) is 0 Å². The maximum absolute atomic E-state index is 5.81. The van der Waals surface area contributed by atoms with E-state index < -0.39 is 0 Å². The van der Waals surface area contributed by atoms with Crippen molar-refractivity contribution < 1.29 is 4.74 Å². The van der Waals surface area contributed by atoms with E-state index in [-0.39, 0.29) is 0 Å². The molecule has 1 aliphatic heterocycles. The number of aryl methyl sites for hydroxylation is 1. The monoisotopic (exact) mass is 396 g/mol. The van der Waals surface area contributed by atoms with Crippen molar-refractivity contribution in [3.8, 4) is 0 Å². The molecule has 0 aromatic heterocycles. The van der Waals surface area contributed by atoms with Crippen LogP contribution in [0.4, 0.5) is 0 Å². The molecule has 0 amide bonds. The molecular weight excluding hydrogens is 352 g/mol. The lowest BCUT2D eigenvalue weighted by Gasteiger charge is -2.34. The molecule has 0 aliphatic carbocycles. The second-order valence-electron chi connectivity index (χ2n) is 8.74. The van der Waals surface area contributed by atoms with Gasteiger partial charge in [0, 0.05) is 5.57 Å². The van der Waals surface area contributed by atoms with E-state index in [2.05, 4.69) is 49.9 Å². The predicted octanol–water partition coefficient (Wildman–Crippen LogP) is 8.94. The zero-order valence-corrected chi connectivity index (χ0v) is 19.0. The highest BCUT2D eigenvalue weighted by molar-refractivity contribution is 5.35. The minimum absolute atomic E-state index is 0.329. The van der Waals surface area contributed by atoms with Gasteiger partial charge in [0.2, 0.25) is 0 Å². The summed E-state index contributed by atoms with van der Waals surface area (Å²) in [5.41, 5.74) is 2.84. The van der Waals surface area contributed by atoms with Crippen molar-refractivity contribution in [2.45, 2.75) is 116 Å². The molecule has 0 N–H and O–H groups in total. The normalized spacial score (nSPS) is 17.3. The summed E-state index contributed by atoms with van der Waals surface area (Å²) < 4.78 is 5.81. The summed E-state index contributed by atoms with van der Waals surface area (Å²) in [5, 5.41) is 0. The number of hydrogen-bond acceptors (Lipinski definition) is 1. The first-order chi connectivity index (χ1) is 14.3. The molecule has 2 rings (SSSR count). The molecule has 1 fully saturated rings. The Labute approximate surface area is 180 Å². The third-order valence-electron chi connectivity index (χ3n) is 6.15. The molecule has 0 saturated carbocycles. The Bertz CT molecular complexity index is 571. The Hall–Kier alpha value is -1.50. The van der Waals surface area contributed by atoms with Crippen LogP contribution >= 0.6 is 0 Å². The molecule has 1 aromatic rings. The molecule has 1 heteroatoms. The standard InChI is InChI=1S/C28H44O/c1-3-4-5-6-7-8-9-10-11-12-19-24-28-27(25(2)29-28)23-18-14-17-22-26-20-15-13-16-21-26/h13,15-16,20-21,23,28H,2-12,14,17-19,22,24H2,1H3/b27-23+. The Morgan fingerprint density at radius 3 is 2.03 bits per heavy atom. The molecule has 0 bridgehead atoms. The van der Waals surface area contributed by atoms with E-state index in [1.807, 2.05) is 0 Å². The van der Waals surface area contributed by atoms with Crippen LogP contribution in [0.1, 0.15) is 109 Å². The maximum atomic E-state index is 5.81. The Kier molecular flexibility index (Phi) is 12.6. The second-order valence-corrected chi connectivity index (χ2v) is 8.74. The van der Waals surface area contributed by atoms with Crippen molar-refractivity contribution in [1.29, 1.82) is 0 Å². The number of rotatable bonds is 17. The molecule has 1 saturated heterocycles. The van der Waals surface area contributed by atoms with Gasteiger partial charge in [-0.2, -0.15) is 0 Å². The van der Waals surface area contributed by atoms with Crippen LogP contribution in [-0.2, 0) is 11.2 Å². The van der Waals surface area contributed by atoms with Gasteiger partial charge >= 0.3 is 0 Å². The number of allylic oxidation sites excluding steroid dienone is 1. The minimum atomic E-state index is 0.329. The maximum Gasteiger partial charge on any atom is 0.127 e. The van der Waals surface area contributed by atoms with Gasteiger partial charge in [-0.25, -0.2) is 0 Å². The highest BCUT2D eigenvalue weighted by Gasteiger charge is 2.29. The van der Waals surface area contributed by atoms with Gasteiger partial charge in [-0.1, -0.05) is 114 Å². The van der Waals surface area contributed by atoms with Gasteiger partial charge in [0.1, 0.15) is 11.9 Å². The van der Waals surface area contributed by atoms with Crippen LogP contribution in [0.5, 0.6) is 0 Å². The SMILES string of the molecule is C=C1OC(CCCCCCCCCCCCC)/C1=C/CCCCc1ccccc1. The van der Waals surface area contributed by atoms with Gasteiger partial charge in [-0.3, -0.25) is 0 Å². The summed E-state index contributed by atoms with van der Waals surface area (Å²) in [4.78, 5) is 0. The Morgan fingerprint density at radius 1 is 0.793 bits per heavy atom. The molecule has 1 aromatic carbocycles. The summed E-state index contributed by atoms with van der Waals surface area (Å²) in [7, 11) is 0. The minimum Gasteiger partial charge on any atom is -0.486 e. The van der Waals surface area contributed by atoms with Crippen molar-refractivity contribution in [3.05, 3.63) is 59.9 Å². The molecule has 0 radical (unpaired) electrons. The Balaban J connectivity index is 1.45. The van der Waals surface area contributed by atoms with E-state index in [1.165, 1.54) is 107 Å². The first-order valence-electron chi connectivity index (χ1n) is 12.4. The van der Waals surface area contributed by atoms with E-state index in [4.69, 9.17) is 4.74 Å². The van der Waals surface area contributed by atoms with Gasteiger partial charge in [-0.05, 0) is 44.1 Å². The zero-order chi connectivity index (χ0) is 20.6. The third kappa shape index (κ3) is 10.2. The fraction of sp³-hybridized carbons (Fsp3) is 0.643.